The van der Waals surface area contributed by atoms with Crippen LogP contribution in [0.5, 0.6) is 5.75 Å². The Morgan fingerprint density at radius 1 is 1.09 bits per heavy atom. The first-order chi connectivity index (χ1) is 10.7. The Bertz CT molecular complexity index is 919. The van der Waals surface area contributed by atoms with Gasteiger partial charge in [-0.1, -0.05) is 18.2 Å². The summed E-state index contributed by atoms with van der Waals surface area (Å²) in [5.74, 6) is 0.604. The third-order valence-electron chi connectivity index (χ3n) is 3.32. The number of H-pyrrole nitrogens is 2. The van der Waals surface area contributed by atoms with Gasteiger partial charge in [0.1, 0.15) is 5.75 Å². The van der Waals surface area contributed by atoms with Gasteiger partial charge in [-0.3, -0.25) is 4.79 Å². The Hall–Kier alpha value is -3.08. The second-order valence-corrected chi connectivity index (χ2v) is 4.81. The quantitative estimate of drug-likeness (QED) is 0.574. The molecule has 5 nitrogen and oxygen atoms in total. The van der Waals surface area contributed by atoms with Gasteiger partial charge < -0.3 is 14.7 Å². The van der Waals surface area contributed by atoms with E-state index in [0.29, 0.717) is 16.6 Å². The Labute approximate surface area is 126 Å². The molecule has 0 aliphatic heterocycles. The van der Waals surface area contributed by atoms with Gasteiger partial charge >= 0.3 is 5.69 Å². The van der Waals surface area contributed by atoms with Gasteiger partial charge in [0, 0.05) is 5.56 Å². The average Bonchev–Trinajstić information content (AvgIpc) is 2.91. The number of aromatic amines is 2. The molecule has 0 bridgehead atoms. The Morgan fingerprint density at radius 3 is 2.73 bits per heavy atom. The maximum Gasteiger partial charge on any atom is 0.323 e. The Balaban J connectivity index is 1.85. The van der Waals surface area contributed by atoms with Crippen LogP contribution in [0.25, 0.3) is 17.1 Å². The number of imidazole rings is 1. The normalized spacial score (nSPS) is 11.1. The SMILES string of the molecule is COc1cccc(C=CC(=O)c2ccc3[nH]c(=O)[nH]c3c2)c1. The third kappa shape index (κ3) is 2.83. The maximum absolute atomic E-state index is 12.2. The monoisotopic (exact) mass is 294 g/mol. The maximum atomic E-state index is 12.2. The zero-order chi connectivity index (χ0) is 15.5. The van der Waals surface area contributed by atoms with Crippen LogP contribution in [-0.4, -0.2) is 22.9 Å². The first kappa shape index (κ1) is 13.9. The Kier molecular flexibility index (Phi) is 3.62. The zero-order valence-corrected chi connectivity index (χ0v) is 11.9. The van der Waals surface area contributed by atoms with Crippen LogP contribution < -0.4 is 10.4 Å². The fraction of sp³-hybridized carbons (Fsp3) is 0.0588. The number of methoxy groups -OCH3 is 1. The molecule has 0 aliphatic rings. The highest BCUT2D eigenvalue weighted by molar-refractivity contribution is 6.08. The van der Waals surface area contributed by atoms with Crippen molar-refractivity contribution in [2.24, 2.45) is 0 Å². The van der Waals surface area contributed by atoms with Crippen molar-refractivity contribution in [2.45, 2.75) is 0 Å². The first-order valence-electron chi connectivity index (χ1n) is 6.74. The van der Waals surface area contributed by atoms with E-state index in [-0.39, 0.29) is 11.5 Å². The van der Waals surface area contributed by atoms with Crippen molar-refractivity contribution in [3.05, 3.63) is 70.2 Å². The fourth-order valence-electron chi connectivity index (χ4n) is 2.20. The minimum absolute atomic E-state index is 0.133. The lowest BCUT2D eigenvalue weighted by atomic mass is 10.1. The molecule has 5 heteroatoms. The molecule has 3 rings (SSSR count). The molecular formula is C17H14N2O3. The number of carbonyl (C=O) groups excluding carboxylic acids is 1. The molecule has 0 atom stereocenters. The van der Waals surface area contributed by atoms with Crippen LogP contribution >= 0.6 is 0 Å². The Morgan fingerprint density at radius 2 is 1.91 bits per heavy atom. The molecule has 1 aromatic heterocycles. The summed E-state index contributed by atoms with van der Waals surface area (Å²) in [4.78, 5) is 28.7. The molecular weight excluding hydrogens is 280 g/mol. The van der Waals surface area contributed by atoms with Gasteiger partial charge in [0.05, 0.1) is 18.1 Å². The number of ether oxygens (including phenoxy) is 1. The summed E-state index contributed by atoms with van der Waals surface area (Å²) in [6.45, 7) is 0. The van der Waals surface area contributed by atoms with E-state index in [9.17, 15) is 9.59 Å². The van der Waals surface area contributed by atoms with Crippen LogP contribution in [0.4, 0.5) is 0 Å². The summed E-state index contributed by atoms with van der Waals surface area (Å²) < 4.78 is 5.14. The number of hydrogen-bond donors (Lipinski definition) is 2. The molecule has 0 unspecified atom stereocenters. The van der Waals surface area contributed by atoms with Crippen LogP contribution in [0, 0.1) is 0 Å². The topological polar surface area (TPSA) is 75.0 Å². The van der Waals surface area contributed by atoms with E-state index in [2.05, 4.69) is 9.97 Å². The number of carbonyl (C=O) groups is 1. The average molecular weight is 294 g/mol. The van der Waals surface area contributed by atoms with Gasteiger partial charge in [-0.25, -0.2) is 4.79 Å². The molecule has 0 fully saturated rings. The van der Waals surface area contributed by atoms with Gasteiger partial charge in [0.25, 0.3) is 0 Å². The minimum Gasteiger partial charge on any atom is -0.497 e. The highest BCUT2D eigenvalue weighted by Crippen LogP contribution is 2.15. The molecule has 0 amide bonds. The zero-order valence-electron chi connectivity index (χ0n) is 11.9. The second kappa shape index (κ2) is 5.73. The predicted octanol–water partition coefficient (Wildman–Crippen LogP) is 2.76. The molecule has 0 radical (unpaired) electrons. The standard InChI is InChI=1S/C17H14N2O3/c1-22-13-4-2-3-11(9-13)5-8-16(20)12-6-7-14-15(10-12)19-17(21)18-14/h2-10H,1H3,(H2,18,19,21). The number of allylic oxidation sites excluding steroid dienone is 1. The summed E-state index contributed by atoms with van der Waals surface area (Å²) in [7, 11) is 1.60. The number of hydrogen-bond acceptors (Lipinski definition) is 3. The lowest BCUT2D eigenvalue weighted by molar-refractivity contribution is 0.104. The number of nitrogens with one attached hydrogen (secondary N) is 2. The van der Waals surface area contributed by atoms with E-state index in [1.165, 1.54) is 6.08 Å². The lowest BCUT2D eigenvalue weighted by Crippen LogP contribution is -1.99. The molecule has 110 valence electrons. The fourth-order valence-corrected chi connectivity index (χ4v) is 2.20. The second-order valence-electron chi connectivity index (χ2n) is 4.81. The van der Waals surface area contributed by atoms with E-state index in [4.69, 9.17) is 4.74 Å². The molecule has 0 spiro atoms. The van der Waals surface area contributed by atoms with Crippen LogP contribution in [0.1, 0.15) is 15.9 Å². The molecule has 0 saturated heterocycles. The smallest absolute Gasteiger partial charge is 0.323 e. The van der Waals surface area contributed by atoms with Crippen LogP contribution in [0.15, 0.2) is 53.3 Å². The first-order valence-corrected chi connectivity index (χ1v) is 6.74. The van der Waals surface area contributed by atoms with Gasteiger partial charge in [0.2, 0.25) is 0 Å². The molecule has 2 N–H and O–H groups in total. The van der Waals surface area contributed by atoms with E-state index < -0.39 is 0 Å². The van der Waals surface area contributed by atoms with Crippen LogP contribution in [0.2, 0.25) is 0 Å². The number of ketones is 1. The molecule has 2 aromatic carbocycles. The molecule has 0 aliphatic carbocycles. The molecule has 22 heavy (non-hydrogen) atoms. The van der Waals surface area contributed by atoms with E-state index in [0.717, 1.165) is 11.3 Å². The third-order valence-corrected chi connectivity index (χ3v) is 3.32. The van der Waals surface area contributed by atoms with Crippen LogP contribution in [0.3, 0.4) is 0 Å². The van der Waals surface area contributed by atoms with E-state index in [1.807, 2.05) is 24.3 Å². The van der Waals surface area contributed by atoms with Crippen molar-refractivity contribution in [1.82, 2.24) is 9.97 Å². The van der Waals surface area contributed by atoms with Gasteiger partial charge in [-0.05, 0) is 42.0 Å². The number of benzene rings is 2. The largest absolute Gasteiger partial charge is 0.497 e. The van der Waals surface area contributed by atoms with Crippen molar-refractivity contribution in [1.29, 1.82) is 0 Å². The molecule has 3 aromatic rings. The van der Waals surface area contributed by atoms with Crippen molar-refractivity contribution < 1.29 is 9.53 Å². The summed E-state index contributed by atoms with van der Waals surface area (Å²) in [6, 6.07) is 12.5. The summed E-state index contributed by atoms with van der Waals surface area (Å²) >= 11 is 0. The van der Waals surface area contributed by atoms with Gasteiger partial charge in [0.15, 0.2) is 5.78 Å². The molecule has 1 heterocycles. The van der Waals surface area contributed by atoms with Crippen molar-refractivity contribution >= 4 is 22.9 Å². The van der Waals surface area contributed by atoms with E-state index in [1.54, 1.807) is 31.4 Å². The number of aromatic nitrogens is 2. The summed E-state index contributed by atoms with van der Waals surface area (Å²) in [5, 5.41) is 0. The van der Waals surface area contributed by atoms with Crippen molar-refractivity contribution in [2.75, 3.05) is 7.11 Å². The highest BCUT2D eigenvalue weighted by atomic mass is 16.5. The lowest BCUT2D eigenvalue weighted by Gasteiger charge is -2.00. The highest BCUT2D eigenvalue weighted by Gasteiger charge is 2.05. The summed E-state index contributed by atoms with van der Waals surface area (Å²) in [5.41, 5.74) is 2.40. The summed E-state index contributed by atoms with van der Waals surface area (Å²) in [6.07, 6.45) is 3.23. The number of fused-ring (bicyclic) bond motifs is 1. The van der Waals surface area contributed by atoms with Crippen molar-refractivity contribution in [3.8, 4) is 5.75 Å². The predicted molar refractivity (Wildman–Crippen MR) is 85.3 cm³/mol. The molecule has 0 saturated carbocycles. The number of rotatable bonds is 4. The van der Waals surface area contributed by atoms with Crippen molar-refractivity contribution in [3.63, 3.8) is 0 Å². The van der Waals surface area contributed by atoms with E-state index >= 15 is 0 Å². The van der Waals surface area contributed by atoms with Crippen LogP contribution in [-0.2, 0) is 0 Å². The minimum atomic E-state index is -0.286. The van der Waals surface area contributed by atoms with Gasteiger partial charge in [-0.2, -0.15) is 0 Å². The van der Waals surface area contributed by atoms with Gasteiger partial charge in [-0.15, -0.1) is 0 Å².